The highest BCUT2D eigenvalue weighted by atomic mass is 32.2. The first-order chi connectivity index (χ1) is 8.90. The maximum atomic E-state index is 12.6. The topological polar surface area (TPSA) is 63.8 Å². The number of aromatic nitrogens is 2. The Bertz CT molecular complexity index is 452. The Labute approximate surface area is 113 Å². The predicted octanol–water partition coefficient (Wildman–Crippen LogP) is 2.77. The molecule has 8 heteroatoms. The highest BCUT2D eigenvalue weighted by molar-refractivity contribution is 7.99. The fourth-order valence-electron chi connectivity index (χ4n) is 2.23. The van der Waals surface area contributed by atoms with Crippen LogP contribution in [-0.2, 0) is 6.18 Å². The van der Waals surface area contributed by atoms with Crippen molar-refractivity contribution < 1.29 is 13.2 Å². The summed E-state index contributed by atoms with van der Waals surface area (Å²) in [6.45, 7) is 0. The fraction of sp³-hybridized carbons (Fsp3) is 0.636. The van der Waals surface area contributed by atoms with E-state index in [-0.39, 0.29) is 17.7 Å². The van der Waals surface area contributed by atoms with Crippen molar-refractivity contribution in [2.75, 3.05) is 17.3 Å². The molecule has 106 valence electrons. The standard InChI is InChI=1S/C11H15F3N4S/c1-19-7-4-2-3-6(7)16-9-5-8(15)17-10(18-9)11(12,13)14/h5-7H,2-4H2,1H3,(H3,15,16,17,18). The van der Waals surface area contributed by atoms with Crippen molar-refractivity contribution in [3.8, 4) is 0 Å². The summed E-state index contributed by atoms with van der Waals surface area (Å²) in [5.74, 6) is -1.23. The van der Waals surface area contributed by atoms with Crippen LogP contribution in [0.5, 0.6) is 0 Å². The number of rotatable bonds is 3. The average molecular weight is 292 g/mol. The molecule has 0 saturated heterocycles. The van der Waals surface area contributed by atoms with Gasteiger partial charge in [0.1, 0.15) is 11.6 Å². The summed E-state index contributed by atoms with van der Waals surface area (Å²) in [7, 11) is 0. The van der Waals surface area contributed by atoms with Gasteiger partial charge in [0.15, 0.2) is 0 Å². The van der Waals surface area contributed by atoms with Crippen LogP contribution >= 0.6 is 11.8 Å². The van der Waals surface area contributed by atoms with E-state index < -0.39 is 12.0 Å². The second-order valence-corrected chi connectivity index (χ2v) is 5.53. The molecule has 1 heterocycles. The van der Waals surface area contributed by atoms with Crippen LogP contribution in [0.2, 0.25) is 0 Å². The van der Waals surface area contributed by atoms with E-state index in [2.05, 4.69) is 15.3 Å². The second-order valence-electron chi connectivity index (χ2n) is 4.46. The first-order valence-electron chi connectivity index (χ1n) is 5.91. The minimum Gasteiger partial charge on any atom is -0.384 e. The highest BCUT2D eigenvalue weighted by Gasteiger charge is 2.36. The summed E-state index contributed by atoms with van der Waals surface area (Å²) < 4.78 is 37.8. The number of hydrogen-bond acceptors (Lipinski definition) is 5. The number of hydrogen-bond donors (Lipinski definition) is 2. The van der Waals surface area contributed by atoms with Crippen LogP contribution in [0.3, 0.4) is 0 Å². The Morgan fingerprint density at radius 2 is 2.11 bits per heavy atom. The van der Waals surface area contributed by atoms with Crippen molar-refractivity contribution in [1.82, 2.24) is 9.97 Å². The summed E-state index contributed by atoms with van der Waals surface area (Å²) in [5.41, 5.74) is 5.40. The molecular weight excluding hydrogens is 277 g/mol. The lowest BCUT2D eigenvalue weighted by Crippen LogP contribution is -2.27. The van der Waals surface area contributed by atoms with Crippen LogP contribution in [0.4, 0.5) is 24.8 Å². The normalized spacial score (nSPS) is 23.6. The SMILES string of the molecule is CSC1CCCC1Nc1cc(N)nc(C(F)(F)F)n1. The molecule has 19 heavy (non-hydrogen) atoms. The van der Waals surface area contributed by atoms with Crippen LogP contribution in [0.15, 0.2) is 6.07 Å². The van der Waals surface area contributed by atoms with E-state index in [1.807, 2.05) is 6.26 Å². The van der Waals surface area contributed by atoms with Crippen molar-refractivity contribution >= 4 is 23.4 Å². The number of halogens is 3. The lowest BCUT2D eigenvalue weighted by molar-refractivity contribution is -0.144. The van der Waals surface area contributed by atoms with Gasteiger partial charge in [-0.3, -0.25) is 0 Å². The van der Waals surface area contributed by atoms with Crippen LogP contribution in [0.25, 0.3) is 0 Å². The number of nitrogens with zero attached hydrogens (tertiary/aromatic N) is 2. The van der Waals surface area contributed by atoms with E-state index in [4.69, 9.17) is 5.73 Å². The first-order valence-corrected chi connectivity index (χ1v) is 7.20. The predicted molar refractivity (Wildman–Crippen MR) is 70.0 cm³/mol. The summed E-state index contributed by atoms with van der Waals surface area (Å²) in [4.78, 5) is 6.72. The minimum absolute atomic E-state index is 0.130. The van der Waals surface area contributed by atoms with E-state index in [1.54, 1.807) is 11.8 Å². The van der Waals surface area contributed by atoms with E-state index in [0.29, 0.717) is 5.25 Å². The molecule has 1 aliphatic carbocycles. The fourth-order valence-corrected chi connectivity index (χ4v) is 3.16. The highest BCUT2D eigenvalue weighted by Crippen LogP contribution is 2.32. The van der Waals surface area contributed by atoms with Crippen molar-refractivity contribution in [3.63, 3.8) is 0 Å². The molecule has 4 nitrogen and oxygen atoms in total. The Morgan fingerprint density at radius 3 is 2.74 bits per heavy atom. The Morgan fingerprint density at radius 1 is 1.37 bits per heavy atom. The van der Waals surface area contributed by atoms with Crippen LogP contribution in [0, 0.1) is 0 Å². The van der Waals surface area contributed by atoms with Crippen LogP contribution in [-0.4, -0.2) is 27.5 Å². The van der Waals surface area contributed by atoms with Crippen molar-refractivity contribution in [1.29, 1.82) is 0 Å². The molecule has 0 aliphatic heterocycles. The maximum absolute atomic E-state index is 12.6. The molecule has 2 rings (SSSR count). The molecule has 0 aromatic carbocycles. The molecule has 1 aromatic rings. The molecule has 1 fully saturated rings. The Kier molecular flexibility index (Phi) is 4.07. The van der Waals surface area contributed by atoms with Gasteiger partial charge in [-0.2, -0.15) is 24.9 Å². The first kappa shape index (κ1) is 14.2. The van der Waals surface area contributed by atoms with Gasteiger partial charge >= 0.3 is 6.18 Å². The third-order valence-electron chi connectivity index (χ3n) is 3.09. The number of nitrogens with one attached hydrogen (secondary N) is 1. The zero-order valence-corrected chi connectivity index (χ0v) is 11.2. The molecule has 0 spiro atoms. The molecule has 0 radical (unpaired) electrons. The third-order valence-corrected chi connectivity index (χ3v) is 4.26. The molecule has 1 saturated carbocycles. The Hall–Kier alpha value is -1.18. The van der Waals surface area contributed by atoms with Crippen molar-refractivity contribution in [3.05, 3.63) is 11.9 Å². The van der Waals surface area contributed by atoms with E-state index in [0.717, 1.165) is 19.3 Å². The molecule has 3 N–H and O–H groups in total. The molecular formula is C11H15F3N4S. The molecule has 1 aromatic heterocycles. The number of alkyl halides is 3. The van der Waals surface area contributed by atoms with Gasteiger partial charge in [0.05, 0.1) is 0 Å². The molecule has 2 atom stereocenters. The zero-order valence-electron chi connectivity index (χ0n) is 10.4. The number of thioether (sulfide) groups is 1. The number of nitrogens with two attached hydrogens (primary N) is 1. The summed E-state index contributed by atoms with van der Waals surface area (Å²) in [5, 5.41) is 3.44. The van der Waals surface area contributed by atoms with Gasteiger partial charge in [-0.25, -0.2) is 9.97 Å². The van der Waals surface area contributed by atoms with Gasteiger partial charge in [-0.1, -0.05) is 6.42 Å². The van der Waals surface area contributed by atoms with Crippen LogP contribution in [0.1, 0.15) is 25.1 Å². The number of anilines is 2. The minimum atomic E-state index is -4.58. The Balaban J connectivity index is 2.18. The largest absolute Gasteiger partial charge is 0.451 e. The molecule has 2 unspecified atom stereocenters. The van der Waals surface area contributed by atoms with Gasteiger partial charge in [0, 0.05) is 17.4 Å². The van der Waals surface area contributed by atoms with Gasteiger partial charge in [-0.05, 0) is 19.1 Å². The van der Waals surface area contributed by atoms with E-state index >= 15 is 0 Å². The van der Waals surface area contributed by atoms with Gasteiger partial charge in [0.2, 0.25) is 5.82 Å². The van der Waals surface area contributed by atoms with Gasteiger partial charge in [0.25, 0.3) is 0 Å². The molecule has 1 aliphatic rings. The third kappa shape index (κ3) is 3.43. The van der Waals surface area contributed by atoms with Gasteiger partial charge < -0.3 is 11.1 Å². The molecule has 0 bridgehead atoms. The molecule has 0 amide bonds. The average Bonchev–Trinajstić information content (AvgIpc) is 2.74. The summed E-state index contributed by atoms with van der Waals surface area (Å²) >= 11 is 1.71. The summed E-state index contributed by atoms with van der Waals surface area (Å²) in [6, 6.07) is 1.47. The lowest BCUT2D eigenvalue weighted by atomic mass is 10.2. The van der Waals surface area contributed by atoms with Crippen molar-refractivity contribution in [2.24, 2.45) is 0 Å². The van der Waals surface area contributed by atoms with Crippen LogP contribution < -0.4 is 11.1 Å². The second kappa shape index (κ2) is 5.44. The number of nitrogen functional groups attached to an aromatic ring is 1. The zero-order chi connectivity index (χ0) is 14.0. The maximum Gasteiger partial charge on any atom is 0.451 e. The summed E-state index contributed by atoms with van der Waals surface area (Å²) in [6.07, 6.45) is 0.471. The van der Waals surface area contributed by atoms with Crippen molar-refractivity contribution in [2.45, 2.75) is 36.7 Å². The smallest absolute Gasteiger partial charge is 0.384 e. The van der Waals surface area contributed by atoms with E-state index in [1.165, 1.54) is 6.07 Å². The van der Waals surface area contributed by atoms with Gasteiger partial charge in [-0.15, -0.1) is 0 Å². The quantitative estimate of drug-likeness (QED) is 0.897. The van der Waals surface area contributed by atoms with E-state index in [9.17, 15) is 13.2 Å². The monoisotopic (exact) mass is 292 g/mol. The lowest BCUT2D eigenvalue weighted by Gasteiger charge is -2.20.